The Hall–Kier alpha value is -1.44. The van der Waals surface area contributed by atoms with E-state index in [9.17, 15) is 4.39 Å². The first-order valence-corrected chi connectivity index (χ1v) is 6.19. The molecule has 1 saturated carbocycles. The van der Waals surface area contributed by atoms with E-state index in [1.807, 2.05) is 0 Å². The zero-order valence-corrected chi connectivity index (χ0v) is 10.2. The van der Waals surface area contributed by atoms with Crippen LogP contribution in [0.15, 0.2) is 18.2 Å². The number of hydrogen-bond acceptors (Lipinski definition) is 3. The lowest BCUT2D eigenvalue weighted by atomic mass is 10.0. The standard InChI is InChI=1S/C14H17FN2O/c15-13-2-1-11(8-16)12(7-13)9-17-10-14(3-4-14)5-6-18/h1-2,7,17-18H,3-6,9-10H2. The molecule has 0 spiro atoms. The van der Waals surface area contributed by atoms with Crippen LogP contribution >= 0.6 is 0 Å². The molecule has 0 radical (unpaired) electrons. The van der Waals surface area contributed by atoms with Gasteiger partial charge in [0.15, 0.2) is 0 Å². The van der Waals surface area contributed by atoms with Gasteiger partial charge in [0.2, 0.25) is 0 Å². The fraction of sp³-hybridized carbons (Fsp3) is 0.500. The van der Waals surface area contributed by atoms with Crippen molar-refractivity contribution < 1.29 is 9.50 Å². The molecule has 96 valence electrons. The molecule has 0 heterocycles. The summed E-state index contributed by atoms with van der Waals surface area (Å²) in [4.78, 5) is 0. The first kappa shape index (κ1) is 13.0. The molecule has 0 aromatic heterocycles. The molecule has 1 aromatic carbocycles. The summed E-state index contributed by atoms with van der Waals surface area (Å²) in [6, 6.07) is 6.27. The third-order valence-corrected chi connectivity index (χ3v) is 3.60. The average molecular weight is 248 g/mol. The highest BCUT2D eigenvalue weighted by atomic mass is 19.1. The van der Waals surface area contributed by atoms with Crippen molar-refractivity contribution in [3.8, 4) is 6.07 Å². The van der Waals surface area contributed by atoms with Gasteiger partial charge in [-0.05, 0) is 48.4 Å². The Kier molecular flexibility index (Phi) is 3.95. The number of hydrogen-bond donors (Lipinski definition) is 2. The monoisotopic (exact) mass is 248 g/mol. The second-order valence-corrected chi connectivity index (χ2v) is 4.99. The van der Waals surface area contributed by atoms with E-state index in [4.69, 9.17) is 10.4 Å². The zero-order valence-electron chi connectivity index (χ0n) is 10.2. The van der Waals surface area contributed by atoms with Gasteiger partial charge in [-0.1, -0.05) is 0 Å². The van der Waals surface area contributed by atoms with Crippen molar-refractivity contribution in [2.75, 3.05) is 13.2 Å². The van der Waals surface area contributed by atoms with Gasteiger partial charge in [0.05, 0.1) is 11.6 Å². The van der Waals surface area contributed by atoms with Gasteiger partial charge in [0.25, 0.3) is 0 Å². The summed E-state index contributed by atoms with van der Waals surface area (Å²) in [6.45, 7) is 1.52. The summed E-state index contributed by atoms with van der Waals surface area (Å²) in [5.74, 6) is -0.317. The molecule has 1 aliphatic carbocycles. The molecule has 1 aliphatic rings. The van der Waals surface area contributed by atoms with Crippen molar-refractivity contribution >= 4 is 0 Å². The molecule has 3 nitrogen and oxygen atoms in total. The number of nitriles is 1. The summed E-state index contributed by atoms with van der Waals surface area (Å²) < 4.78 is 13.1. The predicted octanol–water partition coefficient (Wildman–Crippen LogP) is 1.95. The molecule has 0 bridgehead atoms. The van der Waals surface area contributed by atoms with Crippen LogP contribution in [0.4, 0.5) is 4.39 Å². The van der Waals surface area contributed by atoms with Crippen LogP contribution in [0.2, 0.25) is 0 Å². The van der Waals surface area contributed by atoms with Crippen LogP contribution in [0, 0.1) is 22.6 Å². The number of rotatable bonds is 6. The van der Waals surface area contributed by atoms with Crippen molar-refractivity contribution in [3.05, 3.63) is 35.1 Å². The van der Waals surface area contributed by atoms with Crippen LogP contribution < -0.4 is 5.32 Å². The molecule has 18 heavy (non-hydrogen) atoms. The van der Waals surface area contributed by atoms with E-state index < -0.39 is 0 Å². The quantitative estimate of drug-likeness (QED) is 0.809. The molecule has 2 rings (SSSR count). The van der Waals surface area contributed by atoms with Gasteiger partial charge in [-0.25, -0.2) is 4.39 Å². The molecular weight excluding hydrogens is 231 g/mol. The Morgan fingerprint density at radius 1 is 1.44 bits per heavy atom. The Morgan fingerprint density at radius 3 is 2.83 bits per heavy atom. The third-order valence-electron chi connectivity index (χ3n) is 3.60. The van der Waals surface area contributed by atoms with E-state index in [1.54, 1.807) is 0 Å². The molecular formula is C14H17FN2O. The van der Waals surface area contributed by atoms with Gasteiger partial charge in [0, 0.05) is 19.7 Å². The van der Waals surface area contributed by atoms with E-state index in [-0.39, 0.29) is 17.8 Å². The van der Waals surface area contributed by atoms with E-state index in [0.717, 1.165) is 25.8 Å². The van der Waals surface area contributed by atoms with Crippen molar-refractivity contribution in [3.63, 3.8) is 0 Å². The van der Waals surface area contributed by atoms with Crippen molar-refractivity contribution in [2.45, 2.75) is 25.8 Å². The van der Waals surface area contributed by atoms with Crippen LogP contribution in [0.5, 0.6) is 0 Å². The van der Waals surface area contributed by atoms with Crippen LogP contribution in [-0.4, -0.2) is 18.3 Å². The summed E-state index contributed by atoms with van der Waals surface area (Å²) in [5.41, 5.74) is 1.43. The maximum atomic E-state index is 13.1. The third kappa shape index (κ3) is 3.06. The number of nitrogens with zero attached hydrogens (tertiary/aromatic N) is 1. The van der Waals surface area contributed by atoms with Crippen LogP contribution in [-0.2, 0) is 6.54 Å². The van der Waals surface area contributed by atoms with E-state index in [0.29, 0.717) is 17.7 Å². The number of benzene rings is 1. The summed E-state index contributed by atoms with van der Waals surface area (Å²) in [6.07, 6.45) is 3.08. The number of aliphatic hydroxyl groups excluding tert-OH is 1. The van der Waals surface area contributed by atoms with Crippen molar-refractivity contribution in [1.82, 2.24) is 5.32 Å². The van der Waals surface area contributed by atoms with Gasteiger partial charge >= 0.3 is 0 Å². The predicted molar refractivity (Wildman–Crippen MR) is 66.2 cm³/mol. The molecule has 0 atom stereocenters. The second kappa shape index (κ2) is 5.47. The highest BCUT2D eigenvalue weighted by molar-refractivity contribution is 5.37. The lowest BCUT2D eigenvalue weighted by Crippen LogP contribution is -2.24. The lowest BCUT2D eigenvalue weighted by molar-refractivity contribution is 0.245. The topological polar surface area (TPSA) is 56.0 Å². The van der Waals surface area contributed by atoms with Crippen molar-refractivity contribution in [1.29, 1.82) is 5.26 Å². The highest BCUT2D eigenvalue weighted by Gasteiger charge is 2.41. The van der Waals surface area contributed by atoms with E-state index >= 15 is 0 Å². The number of halogens is 1. The van der Waals surface area contributed by atoms with Gasteiger partial charge < -0.3 is 10.4 Å². The highest BCUT2D eigenvalue weighted by Crippen LogP contribution is 2.47. The van der Waals surface area contributed by atoms with Crippen LogP contribution in [0.3, 0.4) is 0 Å². The summed E-state index contributed by atoms with van der Waals surface area (Å²) in [7, 11) is 0. The molecule has 0 amide bonds. The maximum Gasteiger partial charge on any atom is 0.123 e. The minimum atomic E-state index is -0.317. The summed E-state index contributed by atoms with van der Waals surface area (Å²) >= 11 is 0. The van der Waals surface area contributed by atoms with E-state index in [2.05, 4.69) is 11.4 Å². The van der Waals surface area contributed by atoms with Crippen LogP contribution in [0.1, 0.15) is 30.4 Å². The Bertz CT molecular complexity index is 463. The first-order chi connectivity index (χ1) is 8.69. The molecule has 1 fully saturated rings. The van der Waals surface area contributed by atoms with Crippen molar-refractivity contribution in [2.24, 2.45) is 5.41 Å². The largest absolute Gasteiger partial charge is 0.396 e. The van der Waals surface area contributed by atoms with Crippen LogP contribution in [0.25, 0.3) is 0 Å². The Labute approximate surface area is 106 Å². The van der Waals surface area contributed by atoms with E-state index in [1.165, 1.54) is 18.2 Å². The fourth-order valence-electron chi connectivity index (χ4n) is 2.21. The van der Waals surface area contributed by atoms with Gasteiger partial charge in [-0.3, -0.25) is 0 Å². The minimum absolute atomic E-state index is 0.213. The van der Waals surface area contributed by atoms with Gasteiger partial charge in [-0.15, -0.1) is 0 Å². The molecule has 0 aliphatic heterocycles. The fourth-order valence-corrected chi connectivity index (χ4v) is 2.21. The Balaban J connectivity index is 1.91. The maximum absolute atomic E-state index is 13.1. The Morgan fingerprint density at radius 2 is 2.22 bits per heavy atom. The minimum Gasteiger partial charge on any atom is -0.396 e. The van der Waals surface area contributed by atoms with Gasteiger partial charge in [0.1, 0.15) is 5.82 Å². The molecule has 0 saturated heterocycles. The molecule has 0 unspecified atom stereocenters. The SMILES string of the molecule is N#Cc1ccc(F)cc1CNCC1(CCO)CC1. The van der Waals surface area contributed by atoms with Gasteiger partial charge in [-0.2, -0.15) is 5.26 Å². The second-order valence-electron chi connectivity index (χ2n) is 4.99. The molecule has 4 heteroatoms. The lowest BCUT2D eigenvalue weighted by Gasteiger charge is -2.15. The normalized spacial score (nSPS) is 16.3. The smallest absolute Gasteiger partial charge is 0.123 e. The first-order valence-electron chi connectivity index (χ1n) is 6.19. The zero-order chi connectivity index (χ0) is 13.0. The average Bonchev–Trinajstić information content (AvgIpc) is 3.10. The molecule has 1 aromatic rings. The molecule has 2 N–H and O–H groups in total. The number of aliphatic hydroxyl groups is 1. The summed E-state index contributed by atoms with van der Waals surface area (Å²) in [5, 5.41) is 21.2. The number of nitrogens with one attached hydrogen (secondary N) is 1.